The molecule has 0 aliphatic heterocycles. The summed E-state index contributed by atoms with van der Waals surface area (Å²) >= 11 is 0. The first kappa shape index (κ1) is 38.3. The first-order chi connectivity index (χ1) is 33.2. The van der Waals surface area contributed by atoms with Gasteiger partial charge in [-0.2, -0.15) is 0 Å². The van der Waals surface area contributed by atoms with Crippen molar-refractivity contribution in [2.24, 2.45) is 0 Å². The minimum atomic E-state index is 0.546. The summed E-state index contributed by atoms with van der Waals surface area (Å²) < 4.78 is 15.6. The third-order valence-electron chi connectivity index (χ3n) is 12.8. The van der Waals surface area contributed by atoms with Crippen molar-refractivity contribution < 1.29 is 8.83 Å². The van der Waals surface area contributed by atoms with E-state index < -0.39 is 0 Å². The summed E-state index contributed by atoms with van der Waals surface area (Å²) in [6.07, 6.45) is 0. The van der Waals surface area contributed by atoms with E-state index in [2.05, 4.69) is 215 Å². The lowest BCUT2D eigenvalue weighted by Gasteiger charge is -2.30. The second-order valence-electron chi connectivity index (χ2n) is 16.8. The summed E-state index contributed by atoms with van der Waals surface area (Å²) in [5.41, 5.74) is 15.3. The largest absolute Gasteiger partial charge is 0.456 e. The van der Waals surface area contributed by atoms with Crippen LogP contribution in [0.15, 0.2) is 251 Å². The van der Waals surface area contributed by atoms with Crippen molar-refractivity contribution in [2.45, 2.75) is 0 Å². The molecule has 3 heterocycles. The maximum atomic E-state index is 6.89. The molecule has 67 heavy (non-hydrogen) atoms. The molecule has 0 spiro atoms. The maximum absolute atomic E-state index is 6.89. The second kappa shape index (κ2) is 15.8. The van der Waals surface area contributed by atoms with Gasteiger partial charge in [0.1, 0.15) is 16.7 Å². The van der Waals surface area contributed by atoms with Crippen molar-refractivity contribution in [3.63, 3.8) is 0 Å². The molecule has 316 valence electrons. The molecule has 3 aromatic heterocycles. The van der Waals surface area contributed by atoms with Gasteiger partial charge in [-0.3, -0.25) is 0 Å². The van der Waals surface area contributed by atoms with Crippen LogP contribution in [0.5, 0.6) is 0 Å². The summed E-state index contributed by atoms with van der Waals surface area (Å²) in [6.45, 7) is 0. The van der Waals surface area contributed by atoms with E-state index in [9.17, 15) is 0 Å². The van der Waals surface area contributed by atoms with E-state index in [-0.39, 0.29) is 0 Å². The van der Waals surface area contributed by atoms with E-state index in [1.54, 1.807) is 0 Å². The van der Waals surface area contributed by atoms with Crippen LogP contribution in [0.25, 0.3) is 83.1 Å². The summed E-state index contributed by atoms with van der Waals surface area (Å²) in [5, 5.41) is 4.43. The van der Waals surface area contributed by atoms with Crippen LogP contribution in [-0.2, 0) is 0 Å². The van der Waals surface area contributed by atoms with E-state index in [4.69, 9.17) is 13.8 Å². The number of hydrogen-bond acceptors (Lipinski definition) is 5. The molecule has 0 radical (unpaired) electrons. The number of aromatic nitrogens is 2. The third kappa shape index (κ3) is 6.62. The minimum Gasteiger partial charge on any atom is -0.456 e. The highest BCUT2D eigenvalue weighted by Crippen LogP contribution is 2.47. The van der Waals surface area contributed by atoms with Crippen LogP contribution < -0.4 is 9.80 Å². The number of fused-ring (bicyclic) bond motifs is 7. The number of furan rings is 1. The van der Waals surface area contributed by atoms with Gasteiger partial charge in [-0.1, -0.05) is 133 Å². The molecule has 10 aromatic carbocycles. The first-order valence-electron chi connectivity index (χ1n) is 22.5. The fraction of sp³-hybridized carbons (Fsp3) is 0. The minimum absolute atomic E-state index is 0.546. The normalized spacial score (nSPS) is 11.6. The summed E-state index contributed by atoms with van der Waals surface area (Å²) in [4.78, 5) is 9.98. The molecule has 0 aliphatic rings. The fourth-order valence-corrected chi connectivity index (χ4v) is 9.72. The van der Waals surface area contributed by atoms with E-state index in [1.165, 1.54) is 5.39 Å². The van der Waals surface area contributed by atoms with Crippen molar-refractivity contribution in [2.75, 3.05) is 9.80 Å². The summed E-state index contributed by atoms with van der Waals surface area (Å²) in [5.74, 6) is 0.546. The van der Waals surface area contributed by atoms with Crippen molar-refractivity contribution in [1.82, 2.24) is 9.55 Å². The van der Waals surface area contributed by atoms with Crippen molar-refractivity contribution in [3.05, 3.63) is 243 Å². The second-order valence-corrected chi connectivity index (χ2v) is 16.8. The summed E-state index contributed by atoms with van der Waals surface area (Å²) in [7, 11) is 0. The zero-order valence-corrected chi connectivity index (χ0v) is 36.2. The monoisotopic (exact) mass is 860 g/mol. The van der Waals surface area contributed by atoms with Crippen LogP contribution in [0.4, 0.5) is 34.1 Å². The van der Waals surface area contributed by atoms with Gasteiger partial charge in [0.15, 0.2) is 5.58 Å². The molecule has 0 saturated carbocycles. The van der Waals surface area contributed by atoms with E-state index in [1.807, 2.05) is 42.5 Å². The van der Waals surface area contributed by atoms with Crippen LogP contribution in [0, 0.1) is 0 Å². The molecule has 0 N–H and O–H groups in total. The Morgan fingerprint density at radius 1 is 0.328 bits per heavy atom. The molecule has 0 bridgehead atoms. The Bertz CT molecular complexity index is 3930. The fourth-order valence-electron chi connectivity index (χ4n) is 9.72. The maximum Gasteiger partial charge on any atom is 0.227 e. The van der Waals surface area contributed by atoms with Gasteiger partial charge in [-0.15, -0.1) is 0 Å². The standard InChI is InChI=1S/C61H40N4O2/c1-5-18-41(19-6-1)43-22-17-27-46(36-43)64(48-33-35-58-53(38-48)51-29-14-16-31-57(51)66-58)56-39-49(40-59-60(56)62-61(67-59)42-20-7-2-8-21-42)63(44-23-9-3-10-24-44)47-32-34-55-52(37-47)50-28-13-15-30-54(50)65(55)45-25-11-4-12-26-45/h1-40H. The number of benzene rings is 10. The Balaban J connectivity index is 1.09. The third-order valence-corrected chi connectivity index (χ3v) is 12.8. The SMILES string of the molecule is c1ccc(-c2cccc(N(c3ccc4oc5ccccc5c4c3)c3cc(N(c4ccccc4)c4ccc5c(c4)c4ccccc4n5-c4ccccc4)cc4oc(-c5ccccc5)nc34)c2)cc1. The van der Waals surface area contributed by atoms with Crippen LogP contribution >= 0.6 is 0 Å². The van der Waals surface area contributed by atoms with Gasteiger partial charge >= 0.3 is 0 Å². The lowest BCUT2D eigenvalue weighted by Crippen LogP contribution is -2.14. The zero-order chi connectivity index (χ0) is 44.3. The van der Waals surface area contributed by atoms with Crippen LogP contribution in [0.1, 0.15) is 0 Å². The van der Waals surface area contributed by atoms with Gasteiger partial charge < -0.3 is 23.2 Å². The number of nitrogens with zero attached hydrogens (tertiary/aromatic N) is 4. The molecule has 0 aliphatic carbocycles. The molecule has 0 amide bonds. The first-order valence-corrected chi connectivity index (χ1v) is 22.5. The number of hydrogen-bond donors (Lipinski definition) is 0. The number of para-hydroxylation sites is 4. The van der Waals surface area contributed by atoms with Crippen LogP contribution in [-0.4, -0.2) is 9.55 Å². The Labute approximate surface area is 386 Å². The smallest absolute Gasteiger partial charge is 0.227 e. The summed E-state index contributed by atoms with van der Waals surface area (Å²) in [6, 6.07) is 85.1. The quantitative estimate of drug-likeness (QED) is 0.145. The molecule has 0 atom stereocenters. The highest BCUT2D eigenvalue weighted by Gasteiger charge is 2.26. The van der Waals surface area contributed by atoms with Gasteiger partial charge in [-0.05, 0) is 114 Å². The van der Waals surface area contributed by atoms with E-state index in [0.29, 0.717) is 11.5 Å². The van der Waals surface area contributed by atoms with Crippen molar-refractivity contribution >= 4 is 89.0 Å². The van der Waals surface area contributed by atoms with Crippen molar-refractivity contribution in [1.29, 1.82) is 0 Å². The molecule has 0 saturated heterocycles. The van der Waals surface area contributed by atoms with Gasteiger partial charge in [0.25, 0.3) is 0 Å². The predicted octanol–water partition coefficient (Wildman–Crippen LogP) is 17.1. The Morgan fingerprint density at radius 3 is 1.72 bits per heavy atom. The molecule has 0 unspecified atom stereocenters. The molecule has 6 heteroatoms. The zero-order valence-electron chi connectivity index (χ0n) is 36.2. The lowest BCUT2D eigenvalue weighted by atomic mass is 10.0. The van der Waals surface area contributed by atoms with Crippen LogP contribution in [0.2, 0.25) is 0 Å². The predicted molar refractivity (Wildman–Crippen MR) is 276 cm³/mol. The molecule has 6 nitrogen and oxygen atoms in total. The highest BCUT2D eigenvalue weighted by atomic mass is 16.3. The molecule has 13 aromatic rings. The number of oxazole rings is 1. The Kier molecular flexibility index (Phi) is 9.06. The average Bonchev–Trinajstić information content (AvgIpc) is 4.10. The van der Waals surface area contributed by atoms with Gasteiger partial charge in [0.05, 0.1) is 22.4 Å². The van der Waals surface area contributed by atoms with Gasteiger partial charge in [0, 0.05) is 61.6 Å². The van der Waals surface area contributed by atoms with E-state index >= 15 is 0 Å². The van der Waals surface area contributed by atoms with Gasteiger partial charge in [0.2, 0.25) is 5.89 Å². The molecule has 13 rings (SSSR count). The number of rotatable bonds is 9. The molecular weight excluding hydrogens is 821 g/mol. The van der Waals surface area contributed by atoms with Gasteiger partial charge in [-0.25, -0.2) is 4.98 Å². The van der Waals surface area contributed by atoms with E-state index in [0.717, 1.165) is 100 Å². The topological polar surface area (TPSA) is 50.6 Å². The average molecular weight is 861 g/mol. The lowest BCUT2D eigenvalue weighted by molar-refractivity contribution is 0.620. The molecule has 0 fully saturated rings. The number of anilines is 6. The Morgan fingerprint density at radius 2 is 0.910 bits per heavy atom. The molecular formula is C61H40N4O2. The van der Waals surface area contributed by atoms with Crippen LogP contribution in [0.3, 0.4) is 0 Å². The Hall–Kier alpha value is -9.13. The highest BCUT2D eigenvalue weighted by molar-refractivity contribution is 6.11. The van der Waals surface area contributed by atoms with Crippen molar-refractivity contribution in [3.8, 4) is 28.3 Å².